The van der Waals surface area contributed by atoms with Crippen LogP contribution in [0.5, 0.6) is 0 Å². The van der Waals surface area contributed by atoms with Gasteiger partial charge >= 0.3 is 7.82 Å². The highest BCUT2D eigenvalue weighted by atomic mass is 31.2. The predicted molar refractivity (Wildman–Crippen MR) is 249 cm³/mol. The Morgan fingerprint density at radius 1 is 0.569 bits per heavy atom. The smallest absolute Gasteiger partial charge is 0.387 e. The zero-order valence-corrected chi connectivity index (χ0v) is 39.4. The molecule has 9 heteroatoms. The molecule has 340 valence electrons. The molecule has 0 radical (unpaired) electrons. The Balaban J connectivity index is 4.44. The Labute approximate surface area is 359 Å². The summed E-state index contributed by atoms with van der Waals surface area (Å²) in [5.41, 5.74) is 0. The second kappa shape index (κ2) is 40.8. The number of rotatable bonds is 43. The first kappa shape index (κ1) is 56.5. The van der Waals surface area contributed by atoms with Gasteiger partial charge in [-0.2, -0.15) is 0 Å². The lowest BCUT2D eigenvalue weighted by molar-refractivity contribution is -0.870. The first-order valence-corrected chi connectivity index (χ1v) is 25.5. The summed E-state index contributed by atoms with van der Waals surface area (Å²) in [5.74, 6) is -0.201. The molecule has 0 aliphatic heterocycles. The van der Waals surface area contributed by atoms with Gasteiger partial charge in [0.2, 0.25) is 5.91 Å². The van der Waals surface area contributed by atoms with E-state index in [0.29, 0.717) is 17.4 Å². The van der Waals surface area contributed by atoms with Gasteiger partial charge in [-0.1, -0.05) is 178 Å². The molecule has 0 fully saturated rings. The highest BCUT2D eigenvalue weighted by molar-refractivity contribution is 7.47. The van der Waals surface area contributed by atoms with Crippen molar-refractivity contribution in [2.24, 2.45) is 0 Å². The molecule has 0 aliphatic carbocycles. The number of hydrogen-bond donors (Lipinski definition) is 3. The number of phosphoric ester groups is 1. The van der Waals surface area contributed by atoms with Crippen LogP contribution in [0.1, 0.15) is 206 Å². The Kier molecular flexibility index (Phi) is 39.8. The number of quaternary nitrogens is 1. The van der Waals surface area contributed by atoms with Crippen LogP contribution in [0.2, 0.25) is 0 Å². The number of carbonyl (C=O) groups is 1. The molecular weight excluding hydrogens is 744 g/mol. The van der Waals surface area contributed by atoms with Crippen molar-refractivity contribution < 1.29 is 32.9 Å². The number of nitrogens with one attached hydrogen (secondary N) is 1. The molecule has 1 amide bonds. The summed E-state index contributed by atoms with van der Waals surface area (Å²) in [7, 11) is 1.54. The number of amides is 1. The third kappa shape index (κ3) is 42.6. The van der Waals surface area contributed by atoms with Gasteiger partial charge in [-0.05, 0) is 70.6 Å². The summed E-state index contributed by atoms with van der Waals surface area (Å²) < 4.78 is 23.6. The van der Waals surface area contributed by atoms with Crippen molar-refractivity contribution >= 4 is 13.7 Å². The Hall–Kier alpha value is -1.54. The van der Waals surface area contributed by atoms with Gasteiger partial charge in [0.15, 0.2) is 0 Å². The van der Waals surface area contributed by atoms with Crippen LogP contribution in [-0.4, -0.2) is 73.4 Å². The normalized spacial score (nSPS) is 14.7. The zero-order chi connectivity index (χ0) is 42.8. The van der Waals surface area contributed by atoms with Crippen LogP contribution in [-0.2, 0) is 18.4 Å². The van der Waals surface area contributed by atoms with Gasteiger partial charge in [0, 0.05) is 6.42 Å². The number of aliphatic hydroxyl groups excluding tert-OH is 1. The zero-order valence-electron chi connectivity index (χ0n) is 38.5. The Morgan fingerprint density at radius 3 is 1.38 bits per heavy atom. The van der Waals surface area contributed by atoms with E-state index in [-0.39, 0.29) is 19.1 Å². The number of unbranched alkanes of at least 4 members (excludes halogenated alkanes) is 24. The van der Waals surface area contributed by atoms with Crippen LogP contribution in [0.15, 0.2) is 48.6 Å². The predicted octanol–water partition coefficient (Wildman–Crippen LogP) is 13.6. The molecule has 0 aromatic heterocycles. The van der Waals surface area contributed by atoms with Gasteiger partial charge in [-0.3, -0.25) is 13.8 Å². The second-order valence-corrected chi connectivity index (χ2v) is 18.9. The lowest BCUT2D eigenvalue weighted by Crippen LogP contribution is -2.45. The summed E-state index contributed by atoms with van der Waals surface area (Å²) in [6.07, 6.45) is 51.9. The summed E-state index contributed by atoms with van der Waals surface area (Å²) in [5, 5.41) is 13.8. The SMILES string of the molecule is CCCCCCC/C=C\CCCCCCCC(=O)NC(COP(=O)(O)OCC[N+](C)(C)C)C(O)/C=C/CC/C=C/CC/C=C/CCCCCCCCCCCCCC. The molecule has 0 rings (SSSR count). The van der Waals surface area contributed by atoms with Crippen molar-refractivity contribution in [2.75, 3.05) is 40.9 Å². The number of carbonyl (C=O) groups excluding carboxylic acids is 1. The van der Waals surface area contributed by atoms with Gasteiger partial charge in [-0.25, -0.2) is 4.57 Å². The fraction of sp³-hybridized carbons (Fsp3) is 0.816. The van der Waals surface area contributed by atoms with Crippen molar-refractivity contribution in [1.82, 2.24) is 5.32 Å². The number of likely N-dealkylation sites (N-methyl/N-ethyl adjacent to an activating group) is 1. The maximum absolute atomic E-state index is 12.9. The van der Waals surface area contributed by atoms with E-state index in [2.05, 4.69) is 55.6 Å². The first-order valence-electron chi connectivity index (χ1n) is 24.0. The fourth-order valence-electron chi connectivity index (χ4n) is 6.66. The van der Waals surface area contributed by atoms with E-state index in [9.17, 15) is 19.4 Å². The molecule has 3 atom stereocenters. The fourth-order valence-corrected chi connectivity index (χ4v) is 7.39. The molecule has 3 unspecified atom stereocenters. The van der Waals surface area contributed by atoms with Crippen molar-refractivity contribution in [2.45, 2.75) is 219 Å². The molecule has 8 nitrogen and oxygen atoms in total. The number of aliphatic hydroxyl groups is 1. The van der Waals surface area contributed by atoms with Crippen molar-refractivity contribution in [1.29, 1.82) is 0 Å². The van der Waals surface area contributed by atoms with E-state index in [1.807, 2.05) is 27.2 Å². The summed E-state index contributed by atoms with van der Waals surface area (Å²) in [6.45, 7) is 4.77. The van der Waals surface area contributed by atoms with E-state index in [1.165, 1.54) is 128 Å². The van der Waals surface area contributed by atoms with Gasteiger partial charge in [-0.15, -0.1) is 0 Å². The molecule has 58 heavy (non-hydrogen) atoms. The molecule has 0 bridgehead atoms. The standard InChI is InChI=1S/C49H93N2O6P/c1-6-8-10-12-14-16-18-20-22-23-24-25-26-27-28-29-30-32-34-36-38-40-42-48(52)47(46-57-58(54,55)56-45-44-51(3,4)5)50-49(53)43-41-39-37-35-33-31-21-19-17-15-13-11-9-7-2/h19,21,27-28,32,34,40,42,47-48,52H,6-18,20,22-26,29-31,33,35-39,41,43-46H2,1-5H3,(H-,50,53,54,55)/p+1/b21-19-,28-27+,34-32+,42-40+. The van der Waals surface area contributed by atoms with E-state index in [0.717, 1.165) is 57.8 Å². The monoisotopic (exact) mass is 838 g/mol. The maximum Gasteiger partial charge on any atom is 0.472 e. The van der Waals surface area contributed by atoms with E-state index in [4.69, 9.17) is 9.05 Å². The third-order valence-electron chi connectivity index (χ3n) is 10.5. The summed E-state index contributed by atoms with van der Waals surface area (Å²) >= 11 is 0. The highest BCUT2D eigenvalue weighted by Gasteiger charge is 2.27. The lowest BCUT2D eigenvalue weighted by atomic mass is 10.0. The van der Waals surface area contributed by atoms with Crippen molar-refractivity contribution in [3.63, 3.8) is 0 Å². The largest absolute Gasteiger partial charge is 0.472 e. The average Bonchev–Trinajstić information content (AvgIpc) is 3.17. The molecule has 3 N–H and O–H groups in total. The summed E-state index contributed by atoms with van der Waals surface area (Å²) in [6, 6.07) is -0.873. The number of hydrogen-bond acceptors (Lipinski definition) is 5. The molecule has 0 aromatic carbocycles. The van der Waals surface area contributed by atoms with Crippen LogP contribution < -0.4 is 5.32 Å². The van der Waals surface area contributed by atoms with Gasteiger partial charge in [0.1, 0.15) is 13.2 Å². The lowest BCUT2D eigenvalue weighted by Gasteiger charge is -2.25. The second-order valence-electron chi connectivity index (χ2n) is 17.5. The molecule has 0 heterocycles. The Bertz CT molecular complexity index is 1090. The molecule has 0 aliphatic rings. The number of allylic oxidation sites excluding steroid dienone is 7. The summed E-state index contributed by atoms with van der Waals surface area (Å²) in [4.78, 5) is 23.1. The maximum atomic E-state index is 12.9. The van der Waals surface area contributed by atoms with Crippen LogP contribution in [0.3, 0.4) is 0 Å². The van der Waals surface area contributed by atoms with Gasteiger partial charge in [0.25, 0.3) is 0 Å². The van der Waals surface area contributed by atoms with Crippen molar-refractivity contribution in [3.05, 3.63) is 48.6 Å². The average molecular weight is 838 g/mol. The number of phosphoric acid groups is 1. The van der Waals surface area contributed by atoms with E-state index < -0.39 is 20.0 Å². The van der Waals surface area contributed by atoms with E-state index in [1.54, 1.807) is 6.08 Å². The van der Waals surface area contributed by atoms with Crippen LogP contribution in [0.4, 0.5) is 0 Å². The van der Waals surface area contributed by atoms with Crippen LogP contribution >= 0.6 is 7.82 Å². The quantitative estimate of drug-likeness (QED) is 0.0244. The van der Waals surface area contributed by atoms with E-state index >= 15 is 0 Å². The first-order chi connectivity index (χ1) is 28.0. The minimum absolute atomic E-state index is 0.0510. The molecular formula is C49H94N2O6P+. The van der Waals surface area contributed by atoms with Crippen LogP contribution in [0, 0.1) is 0 Å². The van der Waals surface area contributed by atoms with Crippen LogP contribution in [0.25, 0.3) is 0 Å². The third-order valence-corrected chi connectivity index (χ3v) is 11.5. The molecule has 0 spiro atoms. The molecule has 0 saturated carbocycles. The Morgan fingerprint density at radius 2 is 0.948 bits per heavy atom. The van der Waals surface area contributed by atoms with Gasteiger partial charge < -0.3 is 19.8 Å². The molecule has 0 saturated heterocycles. The van der Waals surface area contributed by atoms with Gasteiger partial charge in [0.05, 0.1) is 39.9 Å². The van der Waals surface area contributed by atoms with Crippen molar-refractivity contribution in [3.8, 4) is 0 Å². The number of nitrogens with zero attached hydrogens (tertiary/aromatic N) is 1. The topological polar surface area (TPSA) is 105 Å². The minimum atomic E-state index is -4.35. The molecule has 0 aromatic rings. The highest BCUT2D eigenvalue weighted by Crippen LogP contribution is 2.43. The minimum Gasteiger partial charge on any atom is -0.387 e.